The summed E-state index contributed by atoms with van der Waals surface area (Å²) < 4.78 is 0. The van der Waals surface area contributed by atoms with E-state index >= 15 is 0 Å². The van der Waals surface area contributed by atoms with E-state index in [4.69, 9.17) is 5.73 Å². The van der Waals surface area contributed by atoms with Gasteiger partial charge in [-0.2, -0.15) is 0 Å². The number of aryl methyl sites for hydroxylation is 2. The minimum Gasteiger partial charge on any atom is -0.398 e. The first-order valence-corrected chi connectivity index (χ1v) is 7.70. The van der Waals surface area contributed by atoms with E-state index in [2.05, 4.69) is 12.2 Å². The van der Waals surface area contributed by atoms with Gasteiger partial charge in [0, 0.05) is 17.3 Å². The minimum atomic E-state index is 0.0274. The molecular weight excluding hydrogens is 248 g/mol. The number of nitrogen functional groups attached to an aromatic ring is 1. The molecule has 2 unspecified atom stereocenters. The third kappa shape index (κ3) is 3.14. The van der Waals surface area contributed by atoms with Crippen molar-refractivity contribution in [2.24, 2.45) is 5.92 Å². The Bertz CT molecular complexity index is 496. The number of benzene rings is 1. The van der Waals surface area contributed by atoms with Gasteiger partial charge in [-0.05, 0) is 49.8 Å². The van der Waals surface area contributed by atoms with Crippen molar-refractivity contribution < 1.29 is 4.79 Å². The summed E-state index contributed by atoms with van der Waals surface area (Å²) in [4.78, 5) is 12.5. The Morgan fingerprint density at radius 2 is 1.95 bits per heavy atom. The zero-order valence-electron chi connectivity index (χ0n) is 12.8. The van der Waals surface area contributed by atoms with Gasteiger partial charge in [0.2, 0.25) is 0 Å². The average molecular weight is 274 g/mol. The Morgan fingerprint density at radius 3 is 2.65 bits per heavy atom. The molecule has 0 aliphatic heterocycles. The van der Waals surface area contributed by atoms with Crippen molar-refractivity contribution in [3.8, 4) is 0 Å². The summed E-state index contributed by atoms with van der Waals surface area (Å²) in [6.45, 7) is 6.15. The molecule has 1 amide bonds. The lowest BCUT2D eigenvalue weighted by atomic mass is 9.82. The summed E-state index contributed by atoms with van der Waals surface area (Å²) in [5, 5.41) is 3.23. The van der Waals surface area contributed by atoms with E-state index in [1.54, 1.807) is 0 Å². The van der Waals surface area contributed by atoms with Crippen molar-refractivity contribution in [2.75, 3.05) is 5.73 Å². The Balaban J connectivity index is 2.13. The van der Waals surface area contributed by atoms with Gasteiger partial charge in [0.1, 0.15) is 0 Å². The first-order valence-electron chi connectivity index (χ1n) is 7.70. The number of rotatable bonds is 3. The molecular formula is C17H26N2O. The molecule has 2 atom stereocenters. The second-order valence-electron chi connectivity index (χ2n) is 6.06. The molecule has 2 rings (SSSR count). The fourth-order valence-electron chi connectivity index (χ4n) is 3.25. The zero-order valence-corrected chi connectivity index (χ0v) is 12.8. The highest BCUT2D eigenvalue weighted by atomic mass is 16.1. The van der Waals surface area contributed by atoms with E-state index in [0.29, 0.717) is 23.2 Å². The molecule has 0 bridgehead atoms. The molecule has 0 saturated heterocycles. The van der Waals surface area contributed by atoms with Gasteiger partial charge < -0.3 is 11.1 Å². The average Bonchev–Trinajstić information content (AvgIpc) is 2.43. The van der Waals surface area contributed by atoms with Crippen LogP contribution in [0.5, 0.6) is 0 Å². The molecule has 1 saturated carbocycles. The monoisotopic (exact) mass is 274 g/mol. The van der Waals surface area contributed by atoms with Crippen LogP contribution in [-0.4, -0.2) is 11.9 Å². The molecule has 1 aromatic carbocycles. The third-order valence-corrected chi connectivity index (χ3v) is 4.61. The number of amides is 1. The van der Waals surface area contributed by atoms with Gasteiger partial charge in [0.25, 0.3) is 5.91 Å². The Morgan fingerprint density at radius 1 is 1.25 bits per heavy atom. The van der Waals surface area contributed by atoms with Gasteiger partial charge in [0.05, 0.1) is 0 Å². The molecule has 110 valence electrons. The van der Waals surface area contributed by atoms with Crippen LogP contribution < -0.4 is 11.1 Å². The van der Waals surface area contributed by atoms with Gasteiger partial charge in [-0.3, -0.25) is 4.79 Å². The van der Waals surface area contributed by atoms with E-state index in [1.165, 1.54) is 19.3 Å². The Hall–Kier alpha value is -1.51. The van der Waals surface area contributed by atoms with Crippen LogP contribution in [0.3, 0.4) is 0 Å². The Labute approximate surface area is 121 Å². The van der Waals surface area contributed by atoms with Gasteiger partial charge >= 0.3 is 0 Å². The van der Waals surface area contributed by atoms with Crippen molar-refractivity contribution >= 4 is 11.6 Å². The summed E-state index contributed by atoms with van der Waals surface area (Å²) in [5.74, 6) is 0.648. The van der Waals surface area contributed by atoms with Crippen LogP contribution in [0.15, 0.2) is 12.1 Å². The minimum absolute atomic E-state index is 0.0274. The van der Waals surface area contributed by atoms with Crippen LogP contribution in [0.25, 0.3) is 0 Å². The van der Waals surface area contributed by atoms with Crippen molar-refractivity contribution in [3.05, 3.63) is 28.8 Å². The van der Waals surface area contributed by atoms with Crippen molar-refractivity contribution in [1.82, 2.24) is 5.32 Å². The summed E-state index contributed by atoms with van der Waals surface area (Å²) in [7, 11) is 0. The second-order valence-corrected chi connectivity index (χ2v) is 6.06. The highest BCUT2D eigenvalue weighted by Crippen LogP contribution is 2.27. The predicted molar refractivity (Wildman–Crippen MR) is 83.8 cm³/mol. The first kappa shape index (κ1) is 14.9. The molecule has 0 heterocycles. The maximum Gasteiger partial charge on any atom is 0.251 e. The summed E-state index contributed by atoms with van der Waals surface area (Å²) in [5.41, 5.74) is 9.37. The lowest BCUT2D eigenvalue weighted by Gasteiger charge is -2.31. The zero-order chi connectivity index (χ0) is 14.7. The highest BCUT2D eigenvalue weighted by molar-refractivity contribution is 5.96. The number of carbonyl (C=O) groups is 1. The molecule has 1 aromatic rings. The molecule has 3 nitrogen and oxygen atoms in total. The van der Waals surface area contributed by atoms with Crippen LogP contribution in [0.1, 0.15) is 60.5 Å². The first-order chi connectivity index (χ1) is 9.52. The van der Waals surface area contributed by atoms with Crippen molar-refractivity contribution in [1.29, 1.82) is 0 Å². The van der Waals surface area contributed by atoms with E-state index in [1.807, 2.05) is 26.0 Å². The molecule has 3 N–H and O–H groups in total. The molecule has 0 radical (unpaired) electrons. The van der Waals surface area contributed by atoms with Crippen LogP contribution in [0.2, 0.25) is 0 Å². The summed E-state index contributed by atoms with van der Waals surface area (Å²) in [6, 6.07) is 4.12. The molecule has 1 aliphatic rings. The van der Waals surface area contributed by atoms with Gasteiger partial charge in [-0.25, -0.2) is 0 Å². The lowest BCUT2D eigenvalue weighted by molar-refractivity contribution is 0.0904. The van der Waals surface area contributed by atoms with Crippen molar-refractivity contribution in [2.45, 2.75) is 58.9 Å². The number of nitrogens with one attached hydrogen (secondary N) is 1. The van der Waals surface area contributed by atoms with Crippen LogP contribution in [0.4, 0.5) is 5.69 Å². The molecule has 20 heavy (non-hydrogen) atoms. The quantitative estimate of drug-likeness (QED) is 0.828. The molecule has 0 aromatic heterocycles. The number of hydrogen-bond acceptors (Lipinski definition) is 2. The molecule has 0 spiro atoms. The molecule has 3 heteroatoms. The smallest absolute Gasteiger partial charge is 0.251 e. The Kier molecular flexibility index (Phi) is 4.69. The number of anilines is 1. The maximum atomic E-state index is 12.5. The maximum absolute atomic E-state index is 12.5. The van der Waals surface area contributed by atoms with Gasteiger partial charge in [0.15, 0.2) is 0 Å². The summed E-state index contributed by atoms with van der Waals surface area (Å²) >= 11 is 0. The van der Waals surface area contributed by atoms with Crippen LogP contribution in [0, 0.1) is 19.8 Å². The van der Waals surface area contributed by atoms with Crippen LogP contribution >= 0.6 is 0 Å². The van der Waals surface area contributed by atoms with E-state index in [9.17, 15) is 4.79 Å². The van der Waals surface area contributed by atoms with Crippen molar-refractivity contribution in [3.63, 3.8) is 0 Å². The van der Waals surface area contributed by atoms with E-state index in [-0.39, 0.29) is 5.91 Å². The predicted octanol–water partition coefficient (Wildman–Crippen LogP) is 3.58. The number of nitrogens with two attached hydrogens (primary N) is 1. The highest BCUT2D eigenvalue weighted by Gasteiger charge is 2.25. The van der Waals surface area contributed by atoms with Gasteiger partial charge in [-0.15, -0.1) is 0 Å². The molecule has 1 fully saturated rings. The standard InChI is InChI=1S/C17H26N2O/c1-4-13-7-5-6-8-16(13)19-17(20)14-10-15(18)12(3)9-11(14)2/h9-10,13,16H,4-8,18H2,1-3H3,(H,19,20). The topological polar surface area (TPSA) is 55.1 Å². The molecule has 1 aliphatic carbocycles. The number of carbonyl (C=O) groups excluding carboxylic acids is 1. The third-order valence-electron chi connectivity index (χ3n) is 4.61. The lowest BCUT2D eigenvalue weighted by Crippen LogP contribution is -2.42. The van der Waals surface area contributed by atoms with Gasteiger partial charge in [-0.1, -0.05) is 32.3 Å². The fraction of sp³-hybridized carbons (Fsp3) is 0.588. The SMILES string of the molecule is CCC1CCCCC1NC(=O)c1cc(N)c(C)cc1C. The fourth-order valence-corrected chi connectivity index (χ4v) is 3.25. The van der Waals surface area contributed by atoms with E-state index in [0.717, 1.165) is 24.0 Å². The second kappa shape index (κ2) is 6.29. The number of hydrogen-bond donors (Lipinski definition) is 2. The largest absolute Gasteiger partial charge is 0.398 e. The normalized spacial score (nSPS) is 22.6. The summed E-state index contributed by atoms with van der Waals surface area (Å²) in [6.07, 6.45) is 5.99. The van der Waals surface area contributed by atoms with Crippen LogP contribution in [-0.2, 0) is 0 Å². The van der Waals surface area contributed by atoms with E-state index < -0.39 is 0 Å².